The van der Waals surface area contributed by atoms with Crippen LogP contribution in [0.3, 0.4) is 0 Å². The number of amides is 1. The number of ether oxygens (including phenoxy) is 1. The lowest BCUT2D eigenvalue weighted by Crippen LogP contribution is -2.43. The molecule has 7 nitrogen and oxygen atoms in total. The molecule has 3 rings (SSSR count). The third kappa shape index (κ3) is 6.17. The first-order chi connectivity index (χ1) is 13.6. The number of carbonyl (C=O) groups is 2. The molecule has 1 aromatic rings. The van der Waals surface area contributed by atoms with Crippen molar-refractivity contribution in [1.82, 2.24) is 9.80 Å². The number of halogens is 3. The van der Waals surface area contributed by atoms with Gasteiger partial charge in [0.1, 0.15) is 0 Å². The molecule has 0 aromatic heterocycles. The van der Waals surface area contributed by atoms with E-state index in [9.17, 15) is 18.0 Å². The van der Waals surface area contributed by atoms with Crippen LogP contribution in [-0.2, 0) is 9.53 Å². The Bertz CT molecular complexity index is 794. The number of carbonyl (C=O) groups excluding carboxylic acids is 1. The summed E-state index contributed by atoms with van der Waals surface area (Å²) in [5.41, 5.74) is 1.16. The summed E-state index contributed by atoms with van der Waals surface area (Å²) in [6.07, 6.45) is -4.02. The van der Waals surface area contributed by atoms with Crippen LogP contribution in [0.4, 0.5) is 13.2 Å². The van der Waals surface area contributed by atoms with Crippen molar-refractivity contribution in [2.24, 2.45) is 5.41 Å². The molecule has 2 saturated heterocycles. The molecule has 0 aliphatic carbocycles. The van der Waals surface area contributed by atoms with E-state index in [1.807, 2.05) is 4.90 Å². The Morgan fingerprint density at radius 1 is 1.28 bits per heavy atom. The maximum Gasteiger partial charge on any atom is 0.490 e. The summed E-state index contributed by atoms with van der Waals surface area (Å²) >= 11 is 0. The van der Waals surface area contributed by atoms with Crippen LogP contribution in [-0.4, -0.2) is 79.4 Å². The largest absolute Gasteiger partial charge is 0.490 e. The van der Waals surface area contributed by atoms with Gasteiger partial charge in [0.25, 0.3) is 5.91 Å². The quantitative estimate of drug-likeness (QED) is 0.757. The zero-order valence-corrected chi connectivity index (χ0v) is 15.9. The van der Waals surface area contributed by atoms with Crippen LogP contribution < -0.4 is 0 Å². The summed E-state index contributed by atoms with van der Waals surface area (Å²) in [5.74, 6) is -2.76. The van der Waals surface area contributed by atoms with Crippen molar-refractivity contribution < 1.29 is 32.6 Å². The molecule has 2 aliphatic rings. The first-order valence-corrected chi connectivity index (χ1v) is 8.92. The molecule has 2 aliphatic heterocycles. The predicted octanol–water partition coefficient (Wildman–Crippen LogP) is 1.99. The standard InChI is InChI=1S/C17H21N3O2.C2HF3O2/c1-19-6-5-17(11-19)12-20(7-8-22-13-17)16(21)15-4-2-3-14(9-15)10-18;3-2(4,5)1(6)7/h2-4,9H,5-8,11-13H2,1H3;(H,6,7). The van der Waals surface area contributed by atoms with Gasteiger partial charge in [-0.3, -0.25) is 4.79 Å². The second-order valence-electron chi connectivity index (χ2n) is 7.26. The molecule has 29 heavy (non-hydrogen) atoms. The number of aliphatic carboxylic acids is 1. The molecule has 1 amide bonds. The predicted molar refractivity (Wildman–Crippen MR) is 96.1 cm³/mol. The smallest absolute Gasteiger partial charge is 0.475 e. The molecule has 1 aromatic carbocycles. The maximum atomic E-state index is 12.8. The number of benzene rings is 1. The van der Waals surface area contributed by atoms with E-state index < -0.39 is 12.1 Å². The first kappa shape index (κ1) is 22.6. The zero-order chi connectivity index (χ0) is 21.7. The van der Waals surface area contributed by atoms with Crippen molar-refractivity contribution in [3.63, 3.8) is 0 Å². The number of rotatable bonds is 1. The highest BCUT2D eigenvalue weighted by atomic mass is 19.4. The van der Waals surface area contributed by atoms with E-state index >= 15 is 0 Å². The van der Waals surface area contributed by atoms with E-state index in [1.54, 1.807) is 24.3 Å². The van der Waals surface area contributed by atoms with Gasteiger partial charge in [0.15, 0.2) is 0 Å². The Kier molecular flexibility index (Phi) is 7.21. The van der Waals surface area contributed by atoms with Gasteiger partial charge in [-0.1, -0.05) is 6.07 Å². The number of carboxylic acid groups (broad SMARTS) is 1. The van der Waals surface area contributed by atoms with Gasteiger partial charge in [-0.25, -0.2) is 4.79 Å². The highest BCUT2D eigenvalue weighted by Crippen LogP contribution is 2.33. The number of hydrogen-bond donors (Lipinski definition) is 1. The van der Waals surface area contributed by atoms with Crippen LogP contribution in [0.1, 0.15) is 22.3 Å². The van der Waals surface area contributed by atoms with Crippen LogP contribution in [0, 0.1) is 16.7 Å². The van der Waals surface area contributed by atoms with Crippen molar-refractivity contribution >= 4 is 11.9 Å². The minimum absolute atomic E-state index is 0.00321. The second-order valence-corrected chi connectivity index (χ2v) is 7.26. The lowest BCUT2D eigenvalue weighted by atomic mass is 9.87. The van der Waals surface area contributed by atoms with E-state index in [4.69, 9.17) is 19.9 Å². The Morgan fingerprint density at radius 2 is 1.97 bits per heavy atom. The van der Waals surface area contributed by atoms with Gasteiger partial charge in [0.05, 0.1) is 24.8 Å². The first-order valence-electron chi connectivity index (χ1n) is 8.92. The molecule has 1 spiro atoms. The Morgan fingerprint density at radius 3 is 2.52 bits per heavy atom. The van der Waals surface area contributed by atoms with Crippen LogP contribution in [0.5, 0.6) is 0 Å². The number of hydrogen-bond acceptors (Lipinski definition) is 5. The molecule has 0 bridgehead atoms. The highest BCUT2D eigenvalue weighted by molar-refractivity contribution is 5.94. The van der Waals surface area contributed by atoms with E-state index in [0.29, 0.717) is 24.3 Å². The monoisotopic (exact) mass is 413 g/mol. The fourth-order valence-corrected chi connectivity index (χ4v) is 3.48. The van der Waals surface area contributed by atoms with Gasteiger partial charge in [-0.05, 0) is 38.2 Å². The lowest BCUT2D eigenvalue weighted by molar-refractivity contribution is -0.192. The Hall–Kier alpha value is -2.64. The van der Waals surface area contributed by atoms with Crippen LogP contribution in [0.2, 0.25) is 0 Å². The molecule has 1 unspecified atom stereocenters. The van der Waals surface area contributed by atoms with Crippen LogP contribution >= 0.6 is 0 Å². The summed E-state index contributed by atoms with van der Waals surface area (Å²) < 4.78 is 37.5. The molecular weight excluding hydrogens is 391 g/mol. The minimum Gasteiger partial charge on any atom is -0.475 e. The maximum absolute atomic E-state index is 12.8. The molecule has 2 fully saturated rings. The second kappa shape index (κ2) is 9.24. The van der Waals surface area contributed by atoms with E-state index in [2.05, 4.69) is 18.0 Å². The molecule has 1 atom stereocenters. The molecule has 1 N–H and O–H groups in total. The summed E-state index contributed by atoms with van der Waals surface area (Å²) in [6, 6.07) is 9.02. The van der Waals surface area contributed by atoms with Crippen molar-refractivity contribution in [1.29, 1.82) is 5.26 Å². The van der Waals surface area contributed by atoms with Gasteiger partial charge in [-0.15, -0.1) is 0 Å². The highest BCUT2D eigenvalue weighted by Gasteiger charge is 2.41. The Balaban J connectivity index is 0.000000370. The third-order valence-corrected chi connectivity index (χ3v) is 4.84. The molecule has 0 saturated carbocycles. The number of alkyl halides is 3. The van der Waals surface area contributed by atoms with E-state index in [0.717, 1.165) is 32.7 Å². The van der Waals surface area contributed by atoms with Gasteiger partial charge >= 0.3 is 12.1 Å². The number of nitriles is 1. The molecular formula is C19H22F3N3O4. The average molecular weight is 413 g/mol. The molecule has 0 radical (unpaired) electrons. The van der Waals surface area contributed by atoms with E-state index in [-0.39, 0.29) is 11.3 Å². The number of likely N-dealkylation sites (tertiary alicyclic amines) is 1. The zero-order valence-electron chi connectivity index (χ0n) is 15.9. The number of nitrogens with zero attached hydrogens (tertiary/aromatic N) is 3. The van der Waals surface area contributed by atoms with Gasteiger partial charge in [0.2, 0.25) is 0 Å². The lowest BCUT2D eigenvalue weighted by Gasteiger charge is -2.31. The van der Waals surface area contributed by atoms with Crippen LogP contribution in [0.15, 0.2) is 24.3 Å². The van der Waals surface area contributed by atoms with Crippen molar-refractivity contribution in [3.05, 3.63) is 35.4 Å². The minimum atomic E-state index is -5.08. The molecule has 2 heterocycles. The van der Waals surface area contributed by atoms with Gasteiger partial charge < -0.3 is 19.6 Å². The fourth-order valence-electron chi connectivity index (χ4n) is 3.48. The fraction of sp³-hybridized carbons (Fsp3) is 0.526. The SMILES string of the molecule is CN1CCC2(COCCN(C(=O)c3cccc(C#N)c3)C2)C1.O=C(O)C(F)(F)F. The number of carboxylic acids is 1. The van der Waals surface area contributed by atoms with Crippen molar-refractivity contribution in [2.45, 2.75) is 12.6 Å². The van der Waals surface area contributed by atoms with E-state index in [1.165, 1.54) is 0 Å². The topological polar surface area (TPSA) is 93.9 Å². The van der Waals surface area contributed by atoms with Gasteiger partial charge in [-0.2, -0.15) is 18.4 Å². The molecule has 10 heteroatoms. The average Bonchev–Trinajstić information content (AvgIpc) is 2.90. The molecule has 158 valence electrons. The third-order valence-electron chi connectivity index (χ3n) is 4.84. The summed E-state index contributed by atoms with van der Waals surface area (Å²) in [7, 11) is 2.11. The summed E-state index contributed by atoms with van der Waals surface area (Å²) in [5, 5.41) is 16.1. The normalized spacial score (nSPS) is 22.4. The van der Waals surface area contributed by atoms with Crippen molar-refractivity contribution in [3.8, 4) is 6.07 Å². The van der Waals surface area contributed by atoms with Crippen molar-refractivity contribution in [2.75, 3.05) is 46.4 Å². The summed E-state index contributed by atoms with van der Waals surface area (Å²) in [6.45, 7) is 4.66. The Labute approximate surface area is 166 Å². The van der Waals surface area contributed by atoms with Crippen LogP contribution in [0.25, 0.3) is 0 Å². The summed E-state index contributed by atoms with van der Waals surface area (Å²) in [4.78, 5) is 25.9. The van der Waals surface area contributed by atoms with Gasteiger partial charge in [0, 0.05) is 30.6 Å².